The molecule has 20 heavy (non-hydrogen) atoms. The van der Waals surface area contributed by atoms with Gasteiger partial charge in [-0.3, -0.25) is 4.79 Å². The summed E-state index contributed by atoms with van der Waals surface area (Å²) in [6.45, 7) is 4.30. The van der Waals surface area contributed by atoms with Gasteiger partial charge in [-0.05, 0) is 37.8 Å². The fourth-order valence-corrected chi connectivity index (χ4v) is 2.75. The zero-order valence-electron chi connectivity index (χ0n) is 12.6. The summed E-state index contributed by atoms with van der Waals surface area (Å²) in [6, 6.07) is 8.44. The molecule has 1 aromatic rings. The highest BCUT2D eigenvalue weighted by Gasteiger charge is 2.24. The van der Waals surface area contributed by atoms with Crippen LogP contribution in [0.25, 0.3) is 0 Å². The van der Waals surface area contributed by atoms with Crippen molar-refractivity contribution < 1.29 is 4.79 Å². The number of carbonyl (C=O) groups excluding carboxylic acids is 1. The van der Waals surface area contributed by atoms with Crippen LogP contribution < -0.4 is 10.6 Å². The molecular formula is C17H26N2O. The fourth-order valence-electron chi connectivity index (χ4n) is 2.75. The van der Waals surface area contributed by atoms with E-state index in [-0.39, 0.29) is 18.0 Å². The van der Waals surface area contributed by atoms with Gasteiger partial charge in [0.25, 0.3) is 0 Å². The Morgan fingerprint density at radius 3 is 3.00 bits per heavy atom. The maximum absolute atomic E-state index is 12.3. The molecule has 1 aromatic carbocycles. The average molecular weight is 274 g/mol. The molecule has 0 fully saturated rings. The molecule has 0 radical (unpaired) electrons. The minimum Gasteiger partial charge on any atom is -0.373 e. The molecule has 0 saturated heterocycles. The predicted octanol–water partition coefficient (Wildman–Crippen LogP) is 3.50. The molecule has 0 aromatic heterocycles. The van der Waals surface area contributed by atoms with Crippen LogP contribution in [0.4, 0.5) is 5.69 Å². The van der Waals surface area contributed by atoms with Gasteiger partial charge >= 0.3 is 0 Å². The van der Waals surface area contributed by atoms with Gasteiger partial charge in [-0.1, -0.05) is 44.4 Å². The number of hydrogen-bond acceptors (Lipinski definition) is 2. The molecule has 0 bridgehead atoms. The van der Waals surface area contributed by atoms with Gasteiger partial charge in [-0.15, -0.1) is 0 Å². The number of benzene rings is 1. The quantitative estimate of drug-likeness (QED) is 0.780. The van der Waals surface area contributed by atoms with Crippen LogP contribution in [0.1, 0.15) is 51.5 Å². The molecule has 1 aliphatic heterocycles. The van der Waals surface area contributed by atoms with Crippen molar-refractivity contribution in [3.8, 4) is 0 Å². The first-order chi connectivity index (χ1) is 9.70. The largest absolute Gasteiger partial charge is 0.373 e. The number of aryl methyl sites for hydroxylation is 1. The van der Waals surface area contributed by atoms with Gasteiger partial charge in [0, 0.05) is 11.7 Å². The van der Waals surface area contributed by atoms with Gasteiger partial charge in [0.2, 0.25) is 5.91 Å². The van der Waals surface area contributed by atoms with E-state index in [1.54, 1.807) is 0 Å². The number of fused-ring (bicyclic) bond motifs is 1. The Bertz CT molecular complexity index is 444. The first kappa shape index (κ1) is 14.9. The summed E-state index contributed by atoms with van der Waals surface area (Å²) in [6.07, 6.45) is 6.59. The molecule has 110 valence electrons. The van der Waals surface area contributed by atoms with E-state index in [1.807, 2.05) is 6.07 Å². The van der Waals surface area contributed by atoms with E-state index >= 15 is 0 Å². The highest BCUT2D eigenvalue weighted by Crippen LogP contribution is 2.24. The zero-order valence-corrected chi connectivity index (χ0v) is 12.6. The lowest BCUT2D eigenvalue weighted by Crippen LogP contribution is -2.45. The van der Waals surface area contributed by atoms with Crippen LogP contribution in [-0.4, -0.2) is 18.0 Å². The molecule has 2 unspecified atom stereocenters. The summed E-state index contributed by atoms with van der Waals surface area (Å²) >= 11 is 0. The fraction of sp³-hybridized carbons (Fsp3) is 0.588. The van der Waals surface area contributed by atoms with Crippen LogP contribution in [0.2, 0.25) is 0 Å². The van der Waals surface area contributed by atoms with Crippen LogP contribution in [0.3, 0.4) is 0 Å². The van der Waals surface area contributed by atoms with Crippen LogP contribution in [-0.2, 0) is 11.2 Å². The summed E-state index contributed by atoms with van der Waals surface area (Å²) in [5.41, 5.74) is 2.42. The third kappa shape index (κ3) is 3.99. The number of hydrogen-bond donors (Lipinski definition) is 2. The summed E-state index contributed by atoms with van der Waals surface area (Å²) in [7, 11) is 0. The number of anilines is 1. The molecule has 2 atom stereocenters. The maximum Gasteiger partial charge on any atom is 0.242 e. The zero-order chi connectivity index (χ0) is 14.4. The van der Waals surface area contributed by atoms with Crippen molar-refractivity contribution in [2.24, 2.45) is 0 Å². The minimum atomic E-state index is -0.0847. The number of nitrogens with one attached hydrogen (secondary N) is 2. The molecule has 0 saturated carbocycles. The molecule has 0 spiro atoms. The van der Waals surface area contributed by atoms with E-state index in [0.29, 0.717) is 0 Å². The van der Waals surface area contributed by atoms with Crippen molar-refractivity contribution in [1.82, 2.24) is 5.32 Å². The highest BCUT2D eigenvalue weighted by atomic mass is 16.2. The third-order valence-corrected chi connectivity index (χ3v) is 4.00. The Labute approximate surface area is 122 Å². The molecule has 1 aliphatic rings. The lowest BCUT2D eigenvalue weighted by atomic mass is 9.97. The lowest BCUT2D eigenvalue weighted by Gasteiger charge is -2.27. The smallest absolute Gasteiger partial charge is 0.242 e. The normalized spacial score (nSPS) is 18.8. The number of amides is 1. The number of rotatable bonds is 6. The molecule has 2 rings (SSSR count). The van der Waals surface area contributed by atoms with Crippen molar-refractivity contribution >= 4 is 11.6 Å². The van der Waals surface area contributed by atoms with Crippen molar-refractivity contribution in [1.29, 1.82) is 0 Å². The Morgan fingerprint density at radius 2 is 2.20 bits per heavy atom. The van der Waals surface area contributed by atoms with E-state index in [1.165, 1.54) is 24.8 Å². The second kappa shape index (κ2) is 7.32. The predicted molar refractivity (Wildman–Crippen MR) is 83.9 cm³/mol. The minimum absolute atomic E-state index is 0.0847. The average Bonchev–Trinajstić information content (AvgIpc) is 2.47. The molecule has 0 aliphatic carbocycles. The van der Waals surface area contributed by atoms with Gasteiger partial charge in [0.05, 0.1) is 0 Å². The number of unbranched alkanes of at least 4 members (excludes halogenated alkanes) is 2. The Kier molecular flexibility index (Phi) is 5.45. The Hall–Kier alpha value is -1.51. The first-order valence-electron chi connectivity index (χ1n) is 7.85. The Morgan fingerprint density at radius 1 is 1.40 bits per heavy atom. The topological polar surface area (TPSA) is 41.1 Å². The van der Waals surface area contributed by atoms with Crippen molar-refractivity contribution in [3.05, 3.63) is 29.8 Å². The highest BCUT2D eigenvalue weighted by molar-refractivity contribution is 5.85. The summed E-state index contributed by atoms with van der Waals surface area (Å²) in [4.78, 5) is 12.3. The summed E-state index contributed by atoms with van der Waals surface area (Å²) in [5, 5.41) is 6.50. The van der Waals surface area contributed by atoms with Crippen molar-refractivity contribution in [3.63, 3.8) is 0 Å². The maximum atomic E-state index is 12.3. The van der Waals surface area contributed by atoms with E-state index < -0.39 is 0 Å². The lowest BCUT2D eigenvalue weighted by molar-refractivity contribution is -0.122. The van der Waals surface area contributed by atoms with Gasteiger partial charge in [-0.25, -0.2) is 0 Å². The standard InChI is InChI=1S/C17H26N2O/c1-3-4-5-8-13(2)18-17(20)16-12-11-14-9-6-7-10-15(14)19-16/h6-7,9-10,13,16,19H,3-5,8,11-12H2,1-2H3,(H,18,20). The van der Waals surface area contributed by atoms with Crippen LogP contribution in [0, 0.1) is 0 Å². The molecular weight excluding hydrogens is 248 g/mol. The first-order valence-corrected chi connectivity index (χ1v) is 7.85. The summed E-state index contributed by atoms with van der Waals surface area (Å²) in [5.74, 6) is 0.142. The van der Waals surface area contributed by atoms with E-state index in [9.17, 15) is 4.79 Å². The molecule has 1 heterocycles. The molecule has 2 N–H and O–H groups in total. The summed E-state index contributed by atoms with van der Waals surface area (Å²) < 4.78 is 0. The molecule has 1 amide bonds. The Balaban J connectivity index is 1.82. The molecule has 3 nitrogen and oxygen atoms in total. The van der Waals surface area contributed by atoms with E-state index in [2.05, 4.69) is 42.7 Å². The van der Waals surface area contributed by atoms with Gasteiger partial charge in [0.15, 0.2) is 0 Å². The van der Waals surface area contributed by atoms with E-state index in [4.69, 9.17) is 0 Å². The van der Waals surface area contributed by atoms with Gasteiger partial charge < -0.3 is 10.6 Å². The van der Waals surface area contributed by atoms with Gasteiger partial charge in [-0.2, -0.15) is 0 Å². The van der Waals surface area contributed by atoms with Crippen LogP contribution in [0.15, 0.2) is 24.3 Å². The van der Waals surface area contributed by atoms with Crippen molar-refractivity contribution in [2.45, 2.75) is 64.5 Å². The number of carbonyl (C=O) groups is 1. The van der Waals surface area contributed by atoms with Crippen molar-refractivity contribution in [2.75, 3.05) is 5.32 Å². The SMILES string of the molecule is CCCCCC(C)NC(=O)C1CCc2ccccc2N1. The van der Waals surface area contributed by atoms with Crippen LogP contribution in [0.5, 0.6) is 0 Å². The second-order valence-electron chi connectivity index (χ2n) is 5.80. The third-order valence-electron chi connectivity index (χ3n) is 4.00. The second-order valence-corrected chi connectivity index (χ2v) is 5.80. The molecule has 3 heteroatoms. The van der Waals surface area contributed by atoms with E-state index in [0.717, 1.165) is 24.9 Å². The van der Waals surface area contributed by atoms with Gasteiger partial charge in [0.1, 0.15) is 6.04 Å². The number of para-hydroxylation sites is 1. The monoisotopic (exact) mass is 274 g/mol. The van der Waals surface area contributed by atoms with Crippen LogP contribution >= 0.6 is 0 Å².